The number of aromatic nitrogens is 2. The van der Waals surface area contributed by atoms with Gasteiger partial charge in [0.05, 0.1) is 9.72 Å². The van der Waals surface area contributed by atoms with Gasteiger partial charge in [-0.25, -0.2) is 0 Å². The Morgan fingerprint density at radius 1 is 1.35 bits per heavy atom. The molecule has 2 unspecified atom stereocenters. The Labute approximate surface area is 133 Å². The lowest BCUT2D eigenvalue weighted by Crippen LogP contribution is -2.16. The van der Waals surface area contributed by atoms with Gasteiger partial charge >= 0.3 is 0 Å². The van der Waals surface area contributed by atoms with E-state index in [1.54, 1.807) is 12.1 Å². The maximum atomic E-state index is 9.71. The Morgan fingerprint density at radius 2 is 2.15 bits per heavy atom. The maximum Gasteiger partial charge on any atom is 0.258 e. The van der Waals surface area contributed by atoms with E-state index in [-0.39, 0.29) is 11.0 Å². The lowest BCUT2D eigenvalue weighted by molar-refractivity contribution is 0.421. The fraction of sp³-hybridized carbons (Fsp3) is 0.385. The highest BCUT2D eigenvalue weighted by Crippen LogP contribution is 2.41. The summed E-state index contributed by atoms with van der Waals surface area (Å²) in [5.74, 6) is 3.65. The van der Waals surface area contributed by atoms with Crippen molar-refractivity contribution in [3.8, 4) is 17.2 Å². The molecule has 1 aliphatic heterocycles. The third-order valence-corrected chi connectivity index (χ3v) is 6.83. The number of phenolic OH excluding ortho intramolecular Hbond substituents is 1. The molecule has 1 aromatic heterocycles. The largest absolute Gasteiger partial charge is 0.507 e. The lowest BCUT2D eigenvalue weighted by atomic mass is 10.2. The van der Waals surface area contributed by atoms with Gasteiger partial charge in [-0.2, -0.15) is 16.7 Å². The van der Waals surface area contributed by atoms with Crippen LogP contribution in [0.25, 0.3) is 11.5 Å². The monoisotopic (exact) mass is 372 g/mol. The predicted molar refractivity (Wildman–Crippen MR) is 86.2 cm³/mol. The maximum absolute atomic E-state index is 9.71. The van der Waals surface area contributed by atoms with E-state index in [1.165, 1.54) is 5.75 Å². The molecule has 2 heterocycles. The second-order valence-corrected chi connectivity index (χ2v) is 8.08. The van der Waals surface area contributed by atoms with Gasteiger partial charge in [0, 0.05) is 22.3 Å². The second kappa shape index (κ2) is 5.99. The van der Waals surface area contributed by atoms with E-state index >= 15 is 0 Å². The topological polar surface area (TPSA) is 59.2 Å². The van der Waals surface area contributed by atoms with Crippen LogP contribution in [0, 0.1) is 0 Å². The van der Waals surface area contributed by atoms with Crippen LogP contribution in [0.15, 0.2) is 27.2 Å². The molecular weight excluding hydrogens is 360 g/mol. The smallest absolute Gasteiger partial charge is 0.258 e. The van der Waals surface area contributed by atoms with Crippen LogP contribution >= 0.6 is 39.5 Å². The van der Waals surface area contributed by atoms with Gasteiger partial charge in [0.25, 0.3) is 5.89 Å². The molecule has 0 aliphatic carbocycles. The Bertz CT molecular complexity index is 620. The third kappa shape index (κ3) is 2.84. The van der Waals surface area contributed by atoms with Gasteiger partial charge < -0.3 is 9.63 Å². The summed E-state index contributed by atoms with van der Waals surface area (Å²) in [6.07, 6.45) is 0. The van der Waals surface area contributed by atoms with E-state index in [9.17, 15) is 5.11 Å². The Hall–Kier alpha value is -0.660. The summed E-state index contributed by atoms with van der Waals surface area (Å²) in [4.78, 5) is 4.49. The van der Waals surface area contributed by atoms with Crippen molar-refractivity contribution in [3.05, 3.63) is 28.5 Å². The summed E-state index contributed by atoms with van der Waals surface area (Å²) in [7, 11) is 0. The molecule has 1 fully saturated rings. The van der Waals surface area contributed by atoms with Gasteiger partial charge in [0.2, 0.25) is 0 Å². The number of thioether (sulfide) groups is 2. The van der Waals surface area contributed by atoms with Crippen molar-refractivity contribution >= 4 is 39.5 Å². The standard InChI is InChI=1S/C13H13BrN2O2S2/c1-7-11(20-5-4-19-7)12-15-13(18-16-12)8-2-3-9(14)10(17)6-8/h2-3,6-7,11,17H,4-5H2,1H3. The number of hydrogen-bond donors (Lipinski definition) is 1. The molecule has 106 valence electrons. The molecule has 20 heavy (non-hydrogen) atoms. The molecular formula is C13H13BrN2O2S2. The summed E-state index contributed by atoms with van der Waals surface area (Å²) in [5, 5.41) is 14.6. The summed E-state index contributed by atoms with van der Waals surface area (Å²) in [6, 6.07) is 5.23. The molecule has 2 aromatic rings. The van der Waals surface area contributed by atoms with E-state index in [0.717, 1.165) is 17.1 Å². The lowest BCUT2D eigenvalue weighted by Gasteiger charge is -2.24. The molecule has 0 amide bonds. The first-order chi connectivity index (χ1) is 9.65. The minimum absolute atomic E-state index is 0.165. The van der Waals surface area contributed by atoms with Crippen LogP contribution in [0.4, 0.5) is 0 Å². The zero-order valence-corrected chi connectivity index (χ0v) is 14.0. The fourth-order valence-corrected chi connectivity index (χ4v) is 4.96. The normalized spacial score (nSPS) is 22.9. The number of benzene rings is 1. The average Bonchev–Trinajstić information content (AvgIpc) is 2.92. The van der Waals surface area contributed by atoms with Gasteiger partial charge in [0.1, 0.15) is 5.75 Å². The Morgan fingerprint density at radius 3 is 2.90 bits per heavy atom. The molecule has 1 N–H and O–H groups in total. The van der Waals surface area contributed by atoms with Gasteiger partial charge in [-0.05, 0) is 34.1 Å². The highest BCUT2D eigenvalue weighted by molar-refractivity contribution is 9.10. The number of aromatic hydroxyl groups is 1. The van der Waals surface area contributed by atoms with Crippen molar-refractivity contribution in [2.45, 2.75) is 17.4 Å². The SMILES string of the molecule is CC1SCCSC1c1noc(-c2ccc(Br)c(O)c2)n1. The Kier molecular flexibility index (Phi) is 4.28. The molecule has 0 radical (unpaired) electrons. The quantitative estimate of drug-likeness (QED) is 0.855. The fourth-order valence-electron chi connectivity index (χ4n) is 2.03. The van der Waals surface area contributed by atoms with Crippen LogP contribution < -0.4 is 0 Å². The van der Waals surface area contributed by atoms with Crippen LogP contribution in [0.5, 0.6) is 5.75 Å². The van der Waals surface area contributed by atoms with Crippen molar-refractivity contribution in [2.24, 2.45) is 0 Å². The number of nitrogens with zero attached hydrogens (tertiary/aromatic N) is 2. The van der Waals surface area contributed by atoms with Crippen molar-refractivity contribution in [1.82, 2.24) is 10.1 Å². The number of hydrogen-bond acceptors (Lipinski definition) is 6. The minimum Gasteiger partial charge on any atom is -0.507 e. The minimum atomic E-state index is 0.165. The van der Waals surface area contributed by atoms with Crippen LogP contribution in [-0.2, 0) is 0 Å². The Balaban J connectivity index is 1.87. The van der Waals surface area contributed by atoms with E-state index in [4.69, 9.17) is 4.52 Å². The number of halogens is 1. The summed E-state index contributed by atoms with van der Waals surface area (Å²) in [6.45, 7) is 2.20. The molecule has 1 aromatic carbocycles. The predicted octanol–water partition coefficient (Wildman–Crippen LogP) is 4.11. The summed E-state index contributed by atoms with van der Waals surface area (Å²) < 4.78 is 5.98. The van der Waals surface area contributed by atoms with Crippen molar-refractivity contribution in [3.63, 3.8) is 0 Å². The van der Waals surface area contributed by atoms with E-state index < -0.39 is 0 Å². The average molecular weight is 373 g/mol. The van der Waals surface area contributed by atoms with Crippen molar-refractivity contribution in [1.29, 1.82) is 0 Å². The van der Waals surface area contributed by atoms with Crippen LogP contribution in [0.1, 0.15) is 18.0 Å². The molecule has 1 aliphatic rings. The molecule has 3 rings (SSSR count). The molecule has 2 atom stereocenters. The molecule has 0 spiro atoms. The van der Waals surface area contributed by atoms with Crippen molar-refractivity contribution in [2.75, 3.05) is 11.5 Å². The summed E-state index contributed by atoms with van der Waals surface area (Å²) >= 11 is 7.07. The first-order valence-electron chi connectivity index (χ1n) is 6.21. The molecule has 0 bridgehead atoms. The number of rotatable bonds is 2. The van der Waals surface area contributed by atoms with Gasteiger partial charge in [-0.3, -0.25) is 0 Å². The second-order valence-electron chi connectivity index (χ2n) is 4.49. The van der Waals surface area contributed by atoms with Gasteiger partial charge in [-0.1, -0.05) is 12.1 Å². The highest BCUT2D eigenvalue weighted by atomic mass is 79.9. The van der Waals surface area contributed by atoms with Crippen LogP contribution in [0.2, 0.25) is 0 Å². The van der Waals surface area contributed by atoms with Gasteiger partial charge in [-0.15, -0.1) is 11.8 Å². The highest BCUT2D eigenvalue weighted by Gasteiger charge is 2.28. The van der Waals surface area contributed by atoms with E-state index in [0.29, 0.717) is 15.6 Å². The first kappa shape index (κ1) is 14.3. The zero-order chi connectivity index (χ0) is 14.1. The van der Waals surface area contributed by atoms with Crippen LogP contribution in [-0.4, -0.2) is 32.0 Å². The first-order valence-corrected chi connectivity index (χ1v) is 9.10. The van der Waals surface area contributed by atoms with Gasteiger partial charge in [0.15, 0.2) is 5.82 Å². The third-order valence-electron chi connectivity index (χ3n) is 3.08. The molecule has 4 nitrogen and oxygen atoms in total. The molecule has 7 heteroatoms. The van der Waals surface area contributed by atoms with E-state index in [2.05, 4.69) is 33.0 Å². The van der Waals surface area contributed by atoms with Crippen molar-refractivity contribution < 1.29 is 9.63 Å². The summed E-state index contributed by atoms with van der Waals surface area (Å²) in [5.41, 5.74) is 0.727. The van der Waals surface area contributed by atoms with E-state index in [1.807, 2.05) is 29.6 Å². The van der Waals surface area contributed by atoms with Crippen LogP contribution in [0.3, 0.4) is 0 Å². The zero-order valence-electron chi connectivity index (χ0n) is 10.7. The number of phenols is 1. The molecule has 0 saturated carbocycles. The molecule has 1 saturated heterocycles.